The molecular formula is C6H8S. The van der Waals surface area contributed by atoms with E-state index >= 15 is 0 Å². The molecule has 2 radical (unpaired) electrons. The van der Waals surface area contributed by atoms with Gasteiger partial charge in [-0.1, -0.05) is 12.6 Å². The maximum absolute atomic E-state index is 4.68. The first-order valence-electron chi connectivity index (χ1n) is 2.25. The van der Waals surface area contributed by atoms with Crippen molar-refractivity contribution in [2.45, 2.75) is 12.8 Å². The molecule has 0 atom stereocenters. The summed E-state index contributed by atoms with van der Waals surface area (Å²) in [5, 5.41) is 0. The highest BCUT2D eigenvalue weighted by atomic mass is 32.1. The molecule has 0 rings (SSSR count). The molecule has 0 amide bonds. The lowest BCUT2D eigenvalue weighted by atomic mass is 10.3. The Morgan fingerprint density at radius 1 is 1.57 bits per heavy atom. The van der Waals surface area contributed by atoms with E-state index in [0.29, 0.717) is 0 Å². The standard InChI is InChI=1S/C6H8S/c1-2-3-4-5-6-7/h1,4-6H2. The Morgan fingerprint density at radius 3 is 2.71 bits per heavy atom. The van der Waals surface area contributed by atoms with Gasteiger partial charge in [0.2, 0.25) is 0 Å². The predicted octanol–water partition coefficient (Wildman–Crippen LogP) is 1.80. The molecule has 38 valence electrons. The van der Waals surface area contributed by atoms with Crippen LogP contribution in [0.5, 0.6) is 0 Å². The van der Waals surface area contributed by atoms with Gasteiger partial charge in [-0.3, -0.25) is 0 Å². The van der Waals surface area contributed by atoms with Gasteiger partial charge in [0.25, 0.3) is 0 Å². The molecule has 1 heteroatoms. The molecule has 0 aliphatic carbocycles. The first-order chi connectivity index (χ1) is 3.41. The van der Waals surface area contributed by atoms with Crippen LogP contribution in [-0.2, 0) is 0 Å². The third kappa shape index (κ3) is 5.91. The topological polar surface area (TPSA) is 0 Å². The summed E-state index contributed by atoms with van der Waals surface area (Å²) in [5.41, 5.74) is 0. The van der Waals surface area contributed by atoms with E-state index in [4.69, 9.17) is 0 Å². The maximum Gasteiger partial charge on any atom is 0.0198 e. The van der Waals surface area contributed by atoms with Crippen LogP contribution in [0.3, 0.4) is 0 Å². The lowest BCUT2D eigenvalue weighted by Gasteiger charge is -1.79. The van der Waals surface area contributed by atoms with Crippen molar-refractivity contribution < 1.29 is 0 Å². The molecular weight excluding hydrogens is 104 g/mol. The summed E-state index contributed by atoms with van der Waals surface area (Å²) in [6.07, 6.45) is 1.94. The summed E-state index contributed by atoms with van der Waals surface area (Å²) in [7, 11) is 0. The normalized spacial score (nSPS) is 7.14. The summed E-state index contributed by atoms with van der Waals surface area (Å²) in [6.45, 7) is 3.36. The summed E-state index contributed by atoms with van der Waals surface area (Å²) in [6, 6.07) is 0. The largest absolute Gasteiger partial charge is 0.103 e. The SMILES string of the molecule is [CH2]C#CCCC[S]. The fraction of sp³-hybridized carbons (Fsp3) is 0.500. The van der Waals surface area contributed by atoms with E-state index in [1.54, 1.807) is 0 Å². The van der Waals surface area contributed by atoms with Crippen LogP contribution >= 0.6 is 12.6 Å². The molecule has 0 fully saturated rings. The molecule has 0 aliphatic heterocycles. The van der Waals surface area contributed by atoms with Crippen molar-refractivity contribution in [1.82, 2.24) is 0 Å². The molecule has 0 unspecified atom stereocenters. The van der Waals surface area contributed by atoms with E-state index in [1.807, 2.05) is 0 Å². The lowest BCUT2D eigenvalue weighted by molar-refractivity contribution is 1.00. The van der Waals surface area contributed by atoms with Crippen LogP contribution in [0.1, 0.15) is 12.8 Å². The second-order valence-corrected chi connectivity index (χ2v) is 1.57. The van der Waals surface area contributed by atoms with E-state index in [2.05, 4.69) is 31.4 Å². The monoisotopic (exact) mass is 112 g/mol. The second kappa shape index (κ2) is 5.91. The molecule has 0 saturated carbocycles. The molecule has 0 N–H and O–H groups in total. The van der Waals surface area contributed by atoms with E-state index in [9.17, 15) is 0 Å². The molecule has 0 bridgehead atoms. The highest BCUT2D eigenvalue weighted by Gasteiger charge is 1.74. The summed E-state index contributed by atoms with van der Waals surface area (Å²) in [4.78, 5) is 0. The Kier molecular flexibility index (Phi) is 5.83. The Balaban J connectivity index is 2.78. The second-order valence-electron chi connectivity index (χ2n) is 1.16. The summed E-state index contributed by atoms with van der Waals surface area (Å²) < 4.78 is 0. The zero-order valence-corrected chi connectivity index (χ0v) is 5.05. The van der Waals surface area contributed by atoms with Gasteiger partial charge >= 0.3 is 0 Å². The Bertz CT molecular complexity index is 75.9. The highest BCUT2D eigenvalue weighted by molar-refractivity contribution is 7.80. The van der Waals surface area contributed by atoms with Crippen LogP contribution in [0.4, 0.5) is 0 Å². The zero-order chi connectivity index (χ0) is 5.54. The van der Waals surface area contributed by atoms with Crippen molar-refractivity contribution in [2.24, 2.45) is 0 Å². The van der Waals surface area contributed by atoms with Crippen molar-refractivity contribution >= 4 is 12.6 Å². The van der Waals surface area contributed by atoms with Crippen LogP contribution in [0, 0.1) is 18.8 Å². The summed E-state index contributed by atoms with van der Waals surface area (Å²) >= 11 is 4.68. The molecule has 7 heavy (non-hydrogen) atoms. The van der Waals surface area contributed by atoms with Crippen molar-refractivity contribution in [1.29, 1.82) is 0 Å². The average molecular weight is 112 g/mol. The van der Waals surface area contributed by atoms with Crippen molar-refractivity contribution in [3.8, 4) is 11.8 Å². The molecule has 0 nitrogen and oxygen atoms in total. The number of hydrogen-bond acceptors (Lipinski definition) is 0. The first-order valence-corrected chi connectivity index (χ1v) is 2.82. The highest BCUT2D eigenvalue weighted by Crippen LogP contribution is 1.87. The number of unbranched alkanes of at least 4 members (excludes halogenated alkanes) is 1. The van der Waals surface area contributed by atoms with E-state index in [-0.39, 0.29) is 0 Å². The minimum absolute atomic E-state index is 0.814. The van der Waals surface area contributed by atoms with E-state index in [0.717, 1.165) is 18.6 Å². The van der Waals surface area contributed by atoms with Gasteiger partial charge in [0, 0.05) is 19.1 Å². The maximum atomic E-state index is 4.68. The predicted molar refractivity (Wildman–Crippen MR) is 34.8 cm³/mol. The summed E-state index contributed by atoms with van der Waals surface area (Å²) in [5.74, 6) is 6.19. The van der Waals surface area contributed by atoms with Crippen LogP contribution in [0.15, 0.2) is 0 Å². The van der Waals surface area contributed by atoms with Crippen molar-refractivity contribution in [3.05, 3.63) is 6.92 Å². The molecule has 0 aliphatic rings. The minimum atomic E-state index is 0.814. The van der Waals surface area contributed by atoms with Gasteiger partial charge in [-0.15, -0.1) is 11.8 Å². The molecule has 0 aromatic heterocycles. The van der Waals surface area contributed by atoms with Gasteiger partial charge in [-0.2, -0.15) is 0 Å². The molecule has 0 saturated heterocycles. The van der Waals surface area contributed by atoms with Gasteiger partial charge in [0.1, 0.15) is 0 Å². The van der Waals surface area contributed by atoms with Gasteiger partial charge in [0.15, 0.2) is 0 Å². The molecule has 0 spiro atoms. The third-order valence-electron chi connectivity index (χ3n) is 0.571. The number of rotatable bonds is 2. The fourth-order valence-electron chi connectivity index (χ4n) is 0.249. The lowest BCUT2D eigenvalue weighted by Crippen LogP contribution is -1.69. The molecule has 0 heterocycles. The van der Waals surface area contributed by atoms with Gasteiger partial charge in [0.05, 0.1) is 0 Å². The van der Waals surface area contributed by atoms with Gasteiger partial charge in [-0.05, 0) is 6.42 Å². The first kappa shape index (κ1) is 6.91. The van der Waals surface area contributed by atoms with Gasteiger partial charge < -0.3 is 0 Å². The average Bonchev–Trinajstić information content (AvgIpc) is 1.69. The molecule has 0 aromatic carbocycles. The zero-order valence-electron chi connectivity index (χ0n) is 4.24. The van der Waals surface area contributed by atoms with Crippen LogP contribution < -0.4 is 0 Å². The van der Waals surface area contributed by atoms with Crippen molar-refractivity contribution in [2.75, 3.05) is 5.75 Å². The molecule has 0 aromatic rings. The third-order valence-corrected chi connectivity index (χ3v) is 0.860. The smallest absolute Gasteiger partial charge is 0.0198 e. The Labute approximate surface area is 50.7 Å². The quantitative estimate of drug-likeness (QED) is 0.377. The Hall–Kier alpha value is -0.0900. The van der Waals surface area contributed by atoms with E-state index < -0.39 is 0 Å². The Morgan fingerprint density at radius 2 is 2.29 bits per heavy atom. The van der Waals surface area contributed by atoms with Crippen molar-refractivity contribution in [3.63, 3.8) is 0 Å². The number of hydrogen-bond donors (Lipinski definition) is 0. The fourth-order valence-corrected chi connectivity index (χ4v) is 0.393. The van der Waals surface area contributed by atoms with Crippen LogP contribution in [0.2, 0.25) is 0 Å². The van der Waals surface area contributed by atoms with E-state index in [1.165, 1.54) is 0 Å². The minimum Gasteiger partial charge on any atom is -0.103 e. The van der Waals surface area contributed by atoms with Crippen LogP contribution in [0.25, 0.3) is 0 Å². The van der Waals surface area contributed by atoms with Crippen LogP contribution in [-0.4, -0.2) is 5.75 Å². The van der Waals surface area contributed by atoms with Gasteiger partial charge in [-0.25, -0.2) is 0 Å².